The fourth-order valence-electron chi connectivity index (χ4n) is 1.78. The van der Waals surface area contributed by atoms with Gasteiger partial charge in [-0.05, 0) is 6.07 Å². The topological polar surface area (TPSA) is 65.8 Å². The van der Waals surface area contributed by atoms with Crippen molar-refractivity contribution < 1.29 is 4.79 Å². The molecule has 0 bridgehead atoms. The average Bonchev–Trinajstić information content (AvgIpc) is 2.54. The van der Waals surface area contributed by atoms with E-state index in [1.54, 1.807) is 0 Å². The summed E-state index contributed by atoms with van der Waals surface area (Å²) in [7, 11) is 0. The van der Waals surface area contributed by atoms with Crippen LogP contribution in [0, 0.1) is 11.3 Å². The van der Waals surface area contributed by atoms with Crippen molar-refractivity contribution in [3.63, 3.8) is 0 Å². The van der Waals surface area contributed by atoms with Gasteiger partial charge in [0.25, 0.3) is 0 Å². The number of nitriles is 1. The van der Waals surface area contributed by atoms with Crippen LogP contribution in [0.25, 0.3) is 0 Å². The lowest BCUT2D eigenvalue weighted by atomic mass is 9.90. The molecule has 76 valence electrons. The van der Waals surface area contributed by atoms with Crippen molar-refractivity contribution >= 4 is 12.0 Å². The standard InChI is InChI=1S/C11H11N3O/c1-11(2)6-13-9-7(5-15)3-8(4-12)14-10(9)11/h3,5,13H,6H2,1-2H3. The van der Waals surface area contributed by atoms with Crippen molar-refractivity contribution in [2.45, 2.75) is 19.3 Å². The van der Waals surface area contributed by atoms with Gasteiger partial charge < -0.3 is 5.32 Å². The van der Waals surface area contributed by atoms with Crippen molar-refractivity contribution in [2.75, 3.05) is 11.9 Å². The molecule has 0 aromatic carbocycles. The zero-order valence-corrected chi connectivity index (χ0v) is 8.66. The molecule has 2 rings (SSSR count). The number of hydrogen-bond donors (Lipinski definition) is 1. The van der Waals surface area contributed by atoms with E-state index >= 15 is 0 Å². The van der Waals surface area contributed by atoms with Crippen LogP contribution in [0.2, 0.25) is 0 Å². The van der Waals surface area contributed by atoms with Crippen molar-refractivity contribution in [1.82, 2.24) is 4.98 Å². The van der Waals surface area contributed by atoms with Crippen LogP contribution in [-0.2, 0) is 5.41 Å². The third-order valence-electron chi connectivity index (χ3n) is 2.64. The Morgan fingerprint density at radius 1 is 1.67 bits per heavy atom. The number of pyridine rings is 1. The lowest BCUT2D eigenvalue weighted by Crippen LogP contribution is -2.20. The van der Waals surface area contributed by atoms with Gasteiger partial charge in [0, 0.05) is 17.5 Å². The normalized spacial score (nSPS) is 16.3. The molecule has 0 atom stereocenters. The molecule has 0 unspecified atom stereocenters. The third kappa shape index (κ3) is 1.37. The van der Waals surface area contributed by atoms with Gasteiger partial charge >= 0.3 is 0 Å². The first-order chi connectivity index (χ1) is 7.08. The minimum atomic E-state index is -0.125. The fraction of sp³-hybridized carbons (Fsp3) is 0.364. The zero-order valence-electron chi connectivity index (χ0n) is 8.66. The van der Waals surface area contributed by atoms with Crippen LogP contribution in [-0.4, -0.2) is 17.8 Å². The van der Waals surface area contributed by atoms with Crippen molar-refractivity contribution in [3.05, 3.63) is 23.0 Å². The molecule has 1 aromatic rings. The predicted molar refractivity (Wildman–Crippen MR) is 55.9 cm³/mol. The number of anilines is 1. The third-order valence-corrected chi connectivity index (χ3v) is 2.64. The summed E-state index contributed by atoms with van der Waals surface area (Å²) in [5, 5.41) is 12.0. The lowest BCUT2D eigenvalue weighted by Gasteiger charge is -2.15. The van der Waals surface area contributed by atoms with E-state index in [1.807, 2.05) is 19.9 Å². The molecule has 0 aliphatic carbocycles. The molecule has 2 heterocycles. The quantitative estimate of drug-likeness (QED) is 0.699. The Kier molecular flexibility index (Phi) is 1.97. The summed E-state index contributed by atoms with van der Waals surface area (Å²) in [5.74, 6) is 0. The summed E-state index contributed by atoms with van der Waals surface area (Å²) >= 11 is 0. The van der Waals surface area contributed by atoms with Gasteiger partial charge in [0.05, 0.1) is 11.4 Å². The molecule has 1 aliphatic heterocycles. The van der Waals surface area contributed by atoms with E-state index in [2.05, 4.69) is 10.3 Å². The molecule has 0 saturated carbocycles. The number of hydrogen-bond acceptors (Lipinski definition) is 4. The first-order valence-electron chi connectivity index (χ1n) is 4.73. The second-order valence-corrected chi connectivity index (χ2v) is 4.29. The second kappa shape index (κ2) is 3.06. The monoisotopic (exact) mass is 201 g/mol. The summed E-state index contributed by atoms with van der Waals surface area (Å²) in [6.45, 7) is 4.81. The van der Waals surface area contributed by atoms with Gasteiger partial charge in [-0.25, -0.2) is 4.98 Å². The van der Waals surface area contributed by atoms with Crippen LogP contribution in [0.3, 0.4) is 0 Å². The maximum absolute atomic E-state index is 10.9. The minimum Gasteiger partial charge on any atom is -0.382 e. The predicted octanol–water partition coefficient (Wildman–Crippen LogP) is 1.47. The van der Waals surface area contributed by atoms with Gasteiger partial charge in [-0.2, -0.15) is 5.26 Å². The number of carbonyl (C=O) groups excluding carboxylic acids is 1. The van der Waals surface area contributed by atoms with Gasteiger partial charge in [-0.1, -0.05) is 13.8 Å². The molecule has 0 amide bonds. The molecule has 1 N–H and O–H groups in total. The number of aromatic nitrogens is 1. The van der Waals surface area contributed by atoms with E-state index < -0.39 is 0 Å². The highest BCUT2D eigenvalue weighted by Gasteiger charge is 2.33. The largest absolute Gasteiger partial charge is 0.382 e. The molecule has 1 aliphatic rings. The average molecular weight is 201 g/mol. The lowest BCUT2D eigenvalue weighted by molar-refractivity contribution is 0.112. The van der Waals surface area contributed by atoms with Gasteiger partial charge in [-0.15, -0.1) is 0 Å². The molecule has 0 radical (unpaired) electrons. The van der Waals surface area contributed by atoms with Crippen molar-refractivity contribution in [3.8, 4) is 6.07 Å². The number of fused-ring (bicyclic) bond motifs is 1. The van der Waals surface area contributed by atoms with Crippen LogP contribution >= 0.6 is 0 Å². The maximum atomic E-state index is 10.9. The number of aldehydes is 1. The summed E-state index contributed by atoms with van der Waals surface area (Å²) in [6.07, 6.45) is 0.760. The number of rotatable bonds is 1. The second-order valence-electron chi connectivity index (χ2n) is 4.29. The number of nitrogens with one attached hydrogen (secondary N) is 1. The first-order valence-corrected chi connectivity index (χ1v) is 4.73. The minimum absolute atomic E-state index is 0.125. The molecule has 0 fully saturated rings. The highest BCUT2D eigenvalue weighted by molar-refractivity contribution is 5.87. The molecule has 4 nitrogen and oxygen atoms in total. The maximum Gasteiger partial charge on any atom is 0.152 e. The zero-order chi connectivity index (χ0) is 11.1. The summed E-state index contributed by atoms with van der Waals surface area (Å²) in [5.41, 5.74) is 2.27. The van der Waals surface area contributed by atoms with E-state index in [-0.39, 0.29) is 5.41 Å². The van der Waals surface area contributed by atoms with Gasteiger partial charge in [0.15, 0.2) is 6.29 Å². The molecular formula is C11H11N3O. The van der Waals surface area contributed by atoms with E-state index in [9.17, 15) is 4.79 Å². The van der Waals surface area contributed by atoms with Crippen LogP contribution in [0.1, 0.15) is 35.6 Å². The first kappa shape index (κ1) is 9.66. The molecule has 1 aromatic heterocycles. The molecular weight excluding hydrogens is 190 g/mol. The van der Waals surface area contributed by atoms with E-state index in [1.165, 1.54) is 6.07 Å². The molecule has 0 spiro atoms. The summed E-state index contributed by atoms with van der Waals surface area (Å²) < 4.78 is 0. The summed E-state index contributed by atoms with van der Waals surface area (Å²) in [6, 6.07) is 3.49. The number of nitrogens with zero attached hydrogens (tertiary/aromatic N) is 2. The highest BCUT2D eigenvalue weighted by Crippen LogP contribution is 2.36. The Bertz CT molecular complexity index is 471. The van der Waals surface area contributed by atoms with Crippen LogP contribution < -0.4 is 5.32 Å². The SMILES string of the molecule is CC1(C)CNc2c(C=O)cc(C#N)nc21. The molecule has 0 saturated heterocycles. The highest BCUT2D eigenvalue weighted by atomic mass is 16.1. The number of carbonyl (C=O) groups is 1. The fourth-order valence-corrected chi connectivity index (χ4v) is 1.78. The smallest absolute Gasteiger partial charge is 0.152 e. The Balaban J connectivity index is 2.70. The Morgan fingerprint density at radius 2 is 2.40 bits per heavy atom. The van der Waals surface area contributed by atoms with Crippen LogP contribution in [0.4, 0.5) is 5.69 Å². The van der Waals surface area contributed by atoms with Crippen molar-refractivity contribution in [2.24, 2.45) is 0 Å². The van der Waals surface area contributed by atoms with E-state index in [4.69, 9.17) is 5.26 Å². The van der Waals surface area contributed by atoms with Crippen LogP contribution in [0.5, 0.6) is 0 Å². The van der Waals surface area contributed by atoms with E-state index in [0.29, 0.717) is 11.3 Å². The van der Waals surface area contributed by atoms with Crippen molar-refractivity contribution in [1.29, 1.82) is 5.26 Å². The Morgan fingerprint density at radius 3 is 3.00 bits per heavy atom. The van der Waals surface area contributed by atoms with Gasteiger partial charge in [0.2, 0.25) is 0 Å². The Labute approximate surface area is 87.9 Å². The van der Waals surface area contributed by atoms with Gasteiger partial charge in [0.1, 0.15) is 11.8 Å². The molecule has 15 heavy (non-hydrogen) atoms. The molecule has 4 heteroatoms. The van der Waals surface area contributed by atoms with Gasteiger partial charge in [-0.3, -0.25) is 4.79 Å². The van der Waals surface area contributed by atoms with Crippen LogP contribution in [0.15, 0.2) is 6.07 Å². The summed E-state index contributed by atoms with van der Waals surface area (Å²) in [4.78, 5) is 15.1. The van der Waals surface area contributed by atoms with E-state index in [0.717, 1.165) is 24.2 Å². The Hall–Kier alpha value is -1.89.